The number of nitrogens with zero attached hydrogens (tertiary/aromatic N) is 1. The van der Waals surface area contributed by atoms with E-state index >= 15 is 0 Å². The third kappa shape index (κ3) is 5.16. The van der Waals surface area contributed by atoms with Gasteiger partial charge in [0.2, 0.25) is 0 Å². The molecule has 102 valence electrons. The molecule has 2 N–H and O–H groups in total. The van der Waals surface area contributed by atoms with Crippen LogP contribution < -0.4 is 0 Å². The number of rotatable bonds is 7. The first-order chi connectivity index (χ1) is 8.26. The molecule has 0 atom stereocenters. The highest BCUT2D eigenvalue weighted by atomic mass is 32.1. The van der Waals surface area contributed by atoms with Crippen LogP contribution >= 0.6 is 12.6 Å². The van der Waals surface area contributed by atoms with Crippen molar-refractivity contribution in [2.45, 2.75) is 38.5 Å². The van der Waals surface area contributed by atoms with Gasteiger partial charge in [-0.1, -0.05) is 25.7 Å². The zero-order chi connectivity index (χ0) is 12.6. The highest BCUT2D eigenvalue weighted by Crippen LogP contribution is 2.36. The molecule has 0 aromatic rings. The Morgan fingerprint density at radius 2 is 1.47 bits per heavy atom. The lowest BCUT2D eigenvalue weighted by molar-refractivity contribution is 0.106. The predicted molar refractivity (Wildman–Crippen MR) is 74.6 cm³/mol. The summed E-state index contributed by atoms with van der Waals surface area (Å²) in [7, 11) is 0. The molecular weight excluding hydrogens is 234 g/mol. The smallest absolute Gasteiger partial charge is 0.0558 e. The minimum absolute atomic E-state index is 0.169. The second-order valence-corrected chi connectivity index (χ2v) is 5.61. The molecule has 3 nitrogen and oxygen atoms in total. The summed E-state index contributed by atoms with van der Waals surface area (Å²) in [6.45, 7) is 2.63. The summed E-state index contributed by atoms with van der Waals surface area (Å²) in [5.74, 6) is 0.917. The quantitative estimate of drug-likeness (QED) is 0.481. The molecule has 1 aliphatic rings. The molecule has 0 aromatic heterocycles. The Hall–Kier alpha value is 0.230. The first kappa shape index (κ1) is 15.3. The molecule has 0 heterocycles. The Balaban J connectivity index is 2.56. The molecule has 0 spiro atoms. The molecule has 0 radical (unpaired) electrons. The summed E-state index contributed by atoms with van der Waals surface area (Å²) < 4.78 is 0. The van der Waals surface area contributed by atoms with Gasteiger partial charge in [-0.25, -0.2) is 0 Å². The lowest BCUT2D eigenvalue weighted by atomic mass is 9.81. The zero-order valence-corrected chi connectivity index (χ0v) is 11.7. The average Bonchev–Trinajstić information content (AvgIpc) is 2.56. The maximum atomic E-state index is 9.06. The van der Waals surface area contributed by atoms with Gasteiger partial charge in [0.1, 0.15) is 0 Å². The lowest BCUT2D eigenvalue weighted by Gasteiger charge is -2.36. The van der Waals surface area contributed by atoms with Crippen LogP contribution in [0.4, 0.5) is 0 Å². The third-order valence-electron chi connectivity index (χ3n) is 3.89. The van der Waals surface area contributed by atoms with E-state index in [1.807, 2.05) is 0 Å². The molecule has 0 bridgehead atoms. The summed E-state index contributed by atoms with van der Waals surface area (Å²) in [5, 5.41) is 18.1. The van der Waals surface area contributed by atoms with E-state index in [9.17, 15) is 0 Å². The monoisotopic (exact) mass is 261 g/mol. The third-order valence-corrected chi connectivity index (χ3v) is 4.56. The van der Waals surface area contributed by atoms with Crippen molar-refractivity contribution < 1.29 is 10.2 Å². The Bertz CT molecular complexity index is 188. The molecular formula is C13H27NO2S. The van der Waals surface area contributed by atoms with Gasteiger partial charge in [0.25, 0.3) is 0 Å². The van der Waals surface area contributed by atoms with Gasteiger partial charge in [-0.2, -0.15) is 12.6 Å². The molecule has 1 fully saturated rings. The molecule has 0 unspecified atom stereocenters. The van der Waals surface area contributed by atoms with Gasteiger partial charge in [-0.05, 0) is 24.0 Å². The van der Waals surface area contributed by atoms with E-state index in [2.05, 4.69) is 17.5 Å². The van der Waals surface area contributed by atoms with Crippen molar-refractivity contribution in [1.82, 2.24) is 4.90 Å². The van der Waals surface area contributed by atoms with E-state index in [4.69, 9.17) is 10.2 Å². The largest absolute Gasteiger partial charge is 0.395 e. The maximum absolute atomic E-state index is 9.06. The van der Waals surface area contributed by atoms with Crippen LogP contribution in [0.3, 0.4) is 0 Å². The Morgan fingerprint density at radius 3 is 1.88 bits per heavy atom. The topological polar surface area (TPSA) is 43.7 Å². The summed E-state index contributed by atoms with van der Waals surface area (Å²) in [6, 6.07) is 0. The number of thiol groups is 1. The van der Waals surface area contributed by atoms with Crippen molar-refractivity contribution in [3.63, 3.8) is 0 Å². The second-order valence-electron chi connectivity index (χ2n) is 5.30. The van der Waals surface area contributed by atoms with Crippen LogP contribution in [0.2, 0.25) is 0 Å². The van der Waals surface area contributed by atoms with Gasteiger partial charge in [0.15, 0.2) is 0 Å². The normalized spacial score (nSPS) is 20.5. The fourth-order valence-electron chi connectivity index (χ4n) is 2.87. The molecule has 0 saturated heterocycles. The SMILES string of the molecule is OCCN(CCO)CC1(CS)CCCCCC1. The van der Waals surface area contributed by atoms with Crippen LogP contribution in [-0.4, -0.2) is 53.7 Å². The van der Waals surface area contributed by atoms with Gasteiger partial charge < -0.3 is 10.2 Å². The van der Waals surface area contributed by atoms with Gasteiger partial charge in [-0.3, -0.25) is 4.90 Å². The fraction of sp³-hybridized carbons (Fsp3) is 1.00. The van der Waals surface area contributed by atoms with Crippen molar-refractivity contribution in [1.29, 1.82) is 0 Å². The lowest BCUT2D eigenvalue weighted by Crippen LogP contribution is -2.41. The molecule has 1 rings (SSSR count). The molecule has 4 heteroatoms. The van der Waals surface area contributed by atoms with Crippen molar-refractivity contribution in [3.05, 3.63) is 0 Å². The van der Waals surface area contributed by atoms with E-state index in [-0.39, 0.29) is 13.2 Å². The Kier molecular flexibility index (Phi) is 7.51. The van der Waals surface area contributed by atoms with Gasteiger partial charge in [-0.15, -0.1) is 0 Å². The molecule has 17 heavy (non-hydrogen) atoms. The second kappa shape index (κ2) is 8.35. The van der Waals surface area contributed by atoms with E-state index in [0.717, 1.165) is 12.3 Å². The summed E-state index contributed by atoms with van der Waals surface area (Å²) >= 11 is 4.56. The highest BCUT2D eigenvalue weighted by Gasteiger charge is 2.31. The Morgan fingerprint density at radius 1 is 0.941 bits per heavy atom. The van der Waals surface area contributed by atoms with Crippen molar-refractivity contribution in [2.75, 3.05) is 38.6 Å². The van der Waals surface area contributed by atoms with Crippen LogP contribution in [0.1, 0.15) is 38.5 Å². The first-order valence-electron chi connectivity index (χ1n) is 6.81. The van der Waals surface area contributed by atoms with E-state index in [1.54, 1.807) is 0 Å². The first-order valence-corrected chi connectivity index (χ1v) is 7.44. The summed E-state index contributed by atoms with van der Waals surface area (Å²) in [5.41, 5.74) is 0.296. The van der Waals surface area contributed by atoms with Crippen molar-refractivity contribution in [2.24, 2.45) is 5.41 Å². The minimum atomic E-state index is 0.169. The van der Waals surface area contributed by atoms with Gasteiger partial charge >= 0.3 is 0 Å². The van der Waals surface area contributed by atoms with Crippen molar-refractivity contribution in [3.8, 4) is 0 Å². The van der Waals surface area contributed by atoms with Crippen LogP contribution in [0, 0.1) is 5.41 Å². The van der Waals surface area contributed by atoms with E-state index < -0.39 is 0 Å². The number of aliphatic hydroxyl groups excluding tert-OH is 2. The summed E-state index contributed by atoms with van der Waals surface area (Å²) in [4.78, 5) is 2.18. The minimum Gasteiger partial charge on any atom is -0.395 e. The molecule has 0 amide bonds. The summed E-state index contributed by atoms with van der Waals surface area (Å²) in [6.07, 6.45) is 7.76. The van der Waals surface area contributed by atoms with Crippen LogP contribution in [0.15, 0.2) is 0 Å². The molecule has 1 aliphatic carbocycles. The van der Waals surface area contributed by atoms with Crippen LogP contribution in [0.25, 0.3) is 0 Å². The molecule has 0 aromatic carbocycles. The van der Waals surface area contributed by atoms with E-state index in [0.29, 0.717) is 18.5 Å². The van der Waals surface area contributed by atoms with Gasteiger partial charge in [0, 0.05) is 19.6 Å². The van der Waals surface area contributed by atoms with Crippen LogP contribution in [-0.2, 0) is 0 Å². The number of hydrogen-bond acceptors (Lipinski definition) is 4. The van der Waals surface area contributed by atoms with Crippen LogP contribution in [0.5, 0.6) is 0 Å². The van der Waals surface area contributed by atoms with Gasteiger partial charge in [0.05, 0.1) is 13.2 Å². The molecule has 0 aliphatic heterocycles. The highest BCUT2D eigenvalue weighted by molar-refractivity contribution is 7.80. The zero-order valence-electron chi connectivity index (χ0n) is 10.8. The average molecular weight is 261 g/mol. The number of aliphatic hydroxyl groups is 2. The molecule has 1 saturated carbocycles. The van der Waals surface area contributed by atoms with E-state index in [1.165, 1.54) is 38.5 Å². The predicted octanol–water partition coefficient (Wildman–Crippen LogP) is 1.54. The number of hydrogen-bond donors (Lipinski definition) is 3. The fourth-order valence-corrected chi connectivity index (χ4v) is 3.29. The standard InChI is InChI=1S/C13H27NO2S/c15-9-7-14(8-10-16)11-13(12-17)5-3-1-2-4-6-13/h15-17H,1-12H2. The maximum Gasteiger partial charge on any atom is 0.0558 e. The van der Waals surface area contributed by atoms with Crippen molar-refractivity contribution >= 4 is 12.6 Å². The Labute approximate surface area is 111 Å².